The van der Waals surface area contributed by atoms with Gasteiger partial charge in [-0.3, -0.25) is 0 Å². The summed E-state index contributed by atoms with van der Waals surface area (Å²) in [5.74, 6) is 0. The number of aryl methyl sites for hydroxylation is 1. The number of anilines is 1. The van der Waals surface area contributed by atoms with E-state index in [-0.39, 0.29) is 0 Å². The quantitative estimate of drug-likeness (QED) is 0.529. The molecule has 0 aliphatic heterocycles. The monoisotopic (exact) mass is 171 g/mol. The maximum atomic E-state index is 8.80. The molecule has 0 radical (unpaired) electrons. The molecule has 0 amide bonds. The van der Waals surface area contributed by atoms with Crippen LogP contribution in [0.25, 0.3) is 0 Å². The van der Waals surface area contributed by atoms with Gasteiger partial charge in [-0.05, 0) is 11.8 Å². The van der Waals surface area contributed by atoms with Crippen molar-refractivity contribution in [3.05, 3.63) is 10.3 Å². The van der Waals surface area contributed by atoms with Crippen molar-refractivity contribution in [2.45, 2.75) is 13.3 Å². The lowest BCUT2D eigenvalue weighted by atomic mass is 9.81. The Hall–Kier alpha value is -0.515. The van der Waals surface area contributed by atoms with Crippen LogP contribution in [0.15, 0.2) is 5.38 Å². The first-order valence-corrected chi connectivity index (χ1v) is 4.26. The summed E-state index contributed by atoms with van der Waals surface area (Å²) in [7, 11) is -1.44. The molecular weight excluding hydrogens is 161 g/mol. The number of hydrogen-bond donors (Lipinski definition) is 3. The van der Waals surface area contributed by atoms with Crippen molar-refractivity contribution in [2.75, 3.05) is 5.73 Å². The average Bonchev–Trinajstić information content (AvgIpc) is 2.30. The van der Waals surface area contributed by atoms with Gasteiger partial charge in [0.05, 0.1) is 0 Å². The molecule has 5 heteroatoms. The standard InChI is InChI=1S/C6H10BNO2S/c1-2-5-6(8)4(3-11-5)7(9)10/h3,9-10H,2,8H2,1H3. The second-order valence-corrected chi connectivity index (χ2v) is 3.22. The Morgan fingerprint density at radius 3 is 2.55 bits per heavy atom. The summed E-state index contributed by atoms with van der Waals surface area (Å²) in [6.07, 6.45) is 0.837. The second-order valence-electron chi connectivity index (χ2n) is 2.26. The van der Waals surface area contributed by atoms with Gasteiger partial charge in [-0.1, -0.05) is 6.92 Å². The molecule has 11 heavy (non-hydrogen) atoms. The molecule has 0 aromatic carbocycles. The molecule has 0 aliphatic rings. The Balaban J connectivity index is 3.00. The van der Waals surface area contributed by atoms with Crippen LogP contribution < -0.4 is 11.2 Å². The molecule has 1 heterocycles. The van der Waals surface area contributed by atoms with Gasteiger partial charge in [0, 0.05) is 16.0 Å². The van der Waals surface area contributed by atoms with Crippen LogP contribution in [-0.4, -0.2) is 17.2 Å². The van der Waals surface area contributed by atoms with Crippen LogP contribution >= 0.6 is 11.3 Å². The van der Waals surface area contributed by atoms with E-state index in [1.54, 1.807) is 5.38 Å². The Labute approximate surface area is 69.6 Å². The van der Waals surface area contributed by atoms with Crippen LogP contribution in [0.1, 0.15) is 11.8 Å². The predicted molar refractivity (Wildman–Crippen MR) is 47.9 cm³/mol. The number of nitrogens with two attached hydrogens (primary N) is 1. The minimum Gasteiger partial charge on any atom is -0.423 e. The fourth-order valence-electron chi connectivity index (χ4n) is 0.896. The molecule has 60 valence electrons. The highest BCUT2D eigenvalue weighted by Crippen LogP contribution is 2.17. The third kappa shape index (κ3) is 1.56. The van der Waals surface area contributed by atoms with Crippen LogP contribution in [0.3, 0.4) is 0 Å². The Bertz CT molecular complexity index is 249. The van der Waals surface area contributed by atoms with Crippen molar-refractivity contribution in [1.29, 1.82) is 0 Å². The molecule has 1 rings (SSSR count). The summed E-state index contributed by atoms with van der Waals surface area (Å²) in [5, 5.41) is 19.3. The van der Waals surface area contributed by atoms with E-state index in [9.17, 15) is 0 Å². The normalized spacial score (nSPS) is 10.1. The molecular formula is C6H10BNO2S. The zero-order valence-corrected chi connectivity index (χ0v) is 7.06. The highest BCUT2D eigenvalue weighted by atomic mass is 32.1. The molecule has 0 atom stereocenters. The Kier molecular flexibility index (Phi) is 2.54. The maximum absolute atomic E-state index is 8.80. The van der Waals surface area contributed by atoms with Gasteiger partial charge in [0.15, 0.2) is 0 Å². The topological polar surface area (TPSA) is 66.5 Å². The van der Waals surface area contributed by atoms with Crippen molar-refractivity contribution in [3.63, 3.8) is 0 Å². The SMILES string of the molecule is CCc1scc(B(O)O)c1N. The lowest BCUT2D eigenvalue weighted by Gasteiger charge is -1.97. The molecule has 0 bridgehead atoms. The summed E-state index contributed by atoms with van der Waals surface area (Å²) >= 11 is 1.46. The second kappa shape index (κ2) is 3.25. The maximum Gasteiger partial charge on any atom is 0.491 e. The van der Waals surface area contributed by atoms with Crippen LogP contribution in [0.5, 0.6) is 0 Å². The highest BCUT2D eigenvalue weighted by Gasteiger charge is 2.17. The summed E-state index contributed by atoms with van der Waals surface area (Å²) < 4.78 is 0. The van der Waals surface area contributed by atoms with Gasteiger partial charge in [0.25, 0.3) is 0 Å². The Morgan fingerprint density at radius 2 is 2.27 bits per heavy atom. The van der Waals surface area contributed by atoms with E-state index >= 15 is 0 Å². The fourth-order valence-corrected chi connectivity index (χ4v) is 1.83. The van der Waals surface area contributed by atoms with Crippen LogP contribution in [0.2, 0.25) is 0 Å². The van der Waals surface area contributed by atoms with Gasteiger partial charge in [-0.2, -0.15) is 0 Å². The first kappa shape index (κ1) is 8.58. The number of thiophene rings is 1. The molecule has 1 aromatic heterocycles. The van der Waals surface area contributed by atoms with Crippen molar-refractivity contribution in [1.82, 2.24) is 0 Å². The molecule has 0 saturated heterocycles. The molecule has 0 spiro atoms. The van der Waals surface area contributed by atoms with Gasteiger partial charge >= 0.3 is 7.12 Å². The molecule has 0 saturated carbocycles. The van der Waals surface area contributed by atoms with Gasteiger partial charge in [-0.25, -0.2) is 0 Å². The summed E-state index contributed by atoms with van der Waals surface area (Å²) in [6.45, 7) is 1.98. The average molecular weight is 171 g/mol. The van der Waals surface area contributed by atoms with Crippen molar-refractivity contribution in [3.8, 4) is 0 Å². The molecule has 0 unspecified atom stereocenters. The van der Waals surface area contributed by atoms with Gasteiger partial charge in [-0.15, -0.1) is 11.3 Å². The third-order valence-corrected chi connectivity index (χ3v) is 2.70. The van der Waals surface area contributed by atoms with Crippen molar-refractivity contribution in [2.24, 2.45) is 0 Å². The third-order valence-electron chi connectivity index (χ3n) is 1.54. The Morgan fingerprint density at radius 1 is 1.64 bits per heavy atom. The molecule has 4 N–H and O–H groups in total. The highest BCUT2D eigenvalue weighted by molar-refractivity contribution is 7.12. The van der Waals surface area contributed by atoms with E-state index in [1.165, 1.54) is 11.3 Å². The van der Waals surface area contributed by atoms with Gasteiger partial charge in [0.2, 0.25) is 0 Å². The number of hydrogen-bond acceptors (Lipinski definition) is 4. The summed E-state index contributed by atoms with van der Waals surface area (Å²) in [5.41, 5.74) is 6.55. The first-order valence-electron chi connectivity index (χ1n) is 3.38. The van der Waals surface area contributed by atoms with E-state index < -0.39 is 7.12 Å². The van der Waals surface area contributed by atoms with Crippen molar-refractivity contribution < 1.29 is 10.0 Å². The van der Waals surface area contributed by atoms with E-state index in [0.29, 0.717) is 11.2 Å². The lowest BCUT2D eigenvalue weighted by molar-refractivity contribution is 0.426. The summed E-state index contributed by atoms with van der Waals surface area (Å²) in [6, 6.07) is 0. The van der Waals surface area contributed by atoms with Crippen LogP contribution in [0.4, 0.5) is 5.69 Å². The minimum atomic E-state index is -1.44. The first-order chi connectivity index (χ1) is 5.16. The zero-order valence-electron chi connectivity index (χ0n) is 6.24. The van der Waals surface area contributed by atoms with E-state index in [4.69, 9.17) is 15.8 Å². The van der Waals surface area contributed by atoms with Crippen LogP contribution in [-0.2, 0) is 6.42 Å². The number of nitrogen functional groups attached to an aromatic ring is 1. The van der Waals surface area contributed by atoms with Gasteiger partial charge in [0.1, 0.15) is 0 Å². The van der Waals surface area contributed by atoms with E-state index in [1.807, 2.05) is 6.92 Å². The molecule has 0 fully saturated rings. The fraction of sp³-hybridized carbons (Fsp3) is 0.333. The van der Waals surface area contributed by atoms with E-state index in [0.717, 1.165) is 11.3 Å². The van der Waals surface area contributed by atoms with E-state index in [2.05, 4.69) is 0 Å². The predicted octanol–water partition coefficient (Wildman–Crippen LogP) is -0.428. The smallest absolute Gasteiger partial charge is 0.423 e. The largest absolute Gasteiger partial charge is 0.491 e. The summed E-state index contributed by atoms with van der Waals surface area (Å²) in [4.78, 5) is 1.01. The molecule has 3 nitrogen and oxygen atoms in total. The zero-order chi connectivity index (χ0) is 8.43. The minimum absolute atomic E-state index is 0.423. The molecule has 1 aromatic rings. The number of rotatable bonds is 2. The van der Waals surface area contributed by atoms with Crippen molar-refractivity contribution >= 4 is 29.6 Å². The van der Waals surface area contributed by atoms with Gasteiger partial charge < -0.3 is 15.8 Å². The molecule has 0 aliphatic carbocycles. The lowest BCUT2D eigenvalue weighted by Crippen LogP contribution is -2.30. The van der Waals surface area contributed by atoms with Crippen LogP contribution in [0, 0.1) is 0 Å².